The van der Waals surface area contributed by atoms with Crippen molar-refractivity contribution < 1.29 is 9.59 Å². The summed E-state index contributed by atoms with van der Waals surface area (Å²) in [5.74, 6) is 0.711. The lowest BCUT2D eigenvalue weighted by atomic mass is 10.1. The predicted octanol–water partition coefficient (Wildman–Crippen LogP) is 5.92. The zero-order valence-corrected chi connectivity index (χ0v) is 15.3. The standard InChI is InChI=1S/C11H22O.C10H12O/c1-3-5-6-7-8-10-11(12)9-4-2;1-9(11)7-8-10-5-3-2-4-6-10/h3-10H2,1-2H3;2-6H,7-8H2,1H3. The highest BCUT2D eigenvalue weighted by molar-refractivity contribution is 5.78. The molecule has 1 aromatic rings. The molecular weight excluding hydrogens is 284 g/mol. The predicted molar refractivity (Wildman–Crippen MR) is 98.7 cm³/mol. The van der Waals surface area contributed by atoms with Crippen molar-refractivity contribution in [3.63, 3.8) is 0 Å². The molecule has 0 saturated carbocycles. The van der Waals surface area contributed by atoms with E-state index in [2.05, 4.69) is 13.8 Å². The highest BCUT2D eigenvalue weighted by atomic mass is 16.1. The van der Waals surface area contributed by atoms with E-state index < -0.39 is 0 Å². The Kier molecular flexibility index (Phi) is 14.5. The topological polar surface area (TPSA) is 34.1 Å². The monoisotopic (exact) mass is 318 g/mol. The molecule has 0 spiro atoms. The highest BCUT2D eigenvalue weighted by Gasteiger charge is 1.98. The number of hydrogen-bond donors (Lipinski definition) is 0. The van der Waals surface area contributed by atoms with Gasteiger partial charge in [-0.2, -0.15) is 0 Å². The molecule has 2 nitrogen and oxygen atoms in total. The smallest absolute Gasteiger partial charge is 0.132 e. The van der Waals surface area contributed by atoms with Crippen LogP contribution in [0.2, 0.25) is 0 Å². The first-order valence-corrected chi connectivity index (χ1v) is 9.15. The Labute approximate surface area is 142 Å². The van der Waals surface area contributed by atoms with Gasteiger partial charge in [0.15, 0.2) is 0 Å². The maximum atomic E-state index is 11.1. The summed E-state index contributed by atoms with van der Waals surface area (Å²) in [6.45, 7) is 5.90. The Hall–Kier alpha value is -1.44. The van der Waals surface area contributed by atoms with Crippen molar-refractivity contribution >= 4 is 11.6 Å². The Morgan fingerprint density at radius 2 is 1.43 bits per heavy atom. The Balaban J connectivity index is 0.000000422. The summed E-state index contributed by atoms with van der Waals surface area (Å²) in [6.07, 6.45) is 10.4. The van der Waals surface area contributed by atoms with E-state index in [-0.39, 0.29) is 5.78 Å². The SMILES string of the molecule is CC(=O)CCc1ccccc1.CCCCCCCC(=O)CCC. The van der Waals surface area contributed by atoms with Gasteiger partial charge in [0.1, 0.15) is 11.6 Å². The van der Waals surface area contributed by atoms with Gasteiger partial charge in [-0.3, -0.25) is 4.79 Å². The maximum Gasteiger partial charge on any atom is 0.132 e. The van der Waals surface area contributed by atoms with Crippen LogP contribution in [0, 0.1) is 0 Å². The van der Waals surface area contributed by atoms with Gasteiger partial charge >= 0.3 is 0 Å². The van der Waals surface area contributed by atoms with Gasteiger partial charge in [0.2, 0.25) is 0 Å². The first-order chi connectivity index (χ1) is 11.1. The number of Topliss-reactive ketones (excluding diaryl/α,β-unsaturated/α-hetero) is 2. The lowest BCUT2D eigenvalue weighted by Crippen LogP contribution is -1.95. The molecule has 0 fully saturated rings. The zero-order valence-electron chi connectivity index (χ0n) is 15.3. The molecule has 1 aromatic carbocycles. The summed E-state index contributed by atoms with van der Waals surface area (Å²) in [4.78, 5) is 21.7. The molecular formula is C21H34O2. The van der Waals surface area contributed by atoms with Crippen LogP contribution in [0.25, 0.3) is 0 Å². The molecule has 0 heterocycles. The molecule has 0 aliphatic rings. The van der Waals surface area contributed by atoms with E-state index in [0.717, 1.165) is 32.1 Å². The van der Waals surface area contributed by atoms with Crippen LogP contribution in [0.3, 0.4) is 0 Å². The van der Waals surface area contributed by atoms with E-state index in [1.165, 1.54) is 31.2 Å². The van der Waals surface area contributed by atoms with Crippen LogP contribution in [0.15, 0.2) is 30.3 Å². The first kappa shape index (κ1) is 21.6. The average Bonchev–Trinajstić information content (AvgIpc) is 2.55. The van der Waals surface area contributed by atoms with Gasteiger partial charge in [0, 0.05) is 19.3 Å². The second kappa shape index (κ2) is 15.5. The van der Waals surface area contributed by atoms with Crippen LogP contribution in [-0.2, 0) is 16.0 Å². The lowest BCUT2D eigenvalue weighted by Gasteiger charge is -1.98. The number of rotatable bonds is 11. The van der Waals surface area contributed by atoms with E-state index in [4.69, 9.17) is 0 Å². The number of benzene rings is 1. The van der Waals surface area contributed by atoms with Crippen molar-refractivity contribution in [2.75, 3.05) is 0 Å². The number of unbranched alkanes of at least 4 members (excludes halogenated alkanes) is 4. The maximum absolute atomic E-state index is 11.1. The molecule has 23 heavy (non-hydrogen) atoms. The third-order valence-electron chi connectivity index (χ3n) is 3.70. The third-order valence-corrected chi connectivity index (χ3v) is 3.70. The van der Waals surface area contributed by atoms with E-state index in [1.54, 1.807) is 6.92 Å². The van der Waals surface area contributed by atoms with Gasteiger partial charge in [-0.15, -0.1) is 0 Å². The molecule has 0 atom stereocenters. The number of hydrogen-bond acceptors (Lipinski definition) is 2. The molecule has 0 saturated heterocycles. The Morgan fingerprint density at radius 3 is 2.00 bits per heavy atom. The second-order valence-electron chi connectivity index (χ2n) is 6.14. The molecule has 0 bridgehead atoms. The van der Waals surface area contributed by atoms with Crippen LogP contribution < -0.4 is 0 Å². The minimum atomic E-state index is 0.258. The van der Waals surface area contributed by atoms with Crippen molar-refractivity contribution in [2.24, 2.45) is 0 Å². The molecule has 0 aliphatic heterocycles. The Morgan fingerprint density at radius 1 is 0.783 bits per heavy atom. The number of ketones is 2. The minimum Gasteiger partial charge on any atom is -0.300 e. The van der Waals surface area contributed by atoms with E-state index in [0.29, 0.717) is 12.2 Å². The molecule has 2 heteroatoms. The molecule has 0 unspecified atom stereocenters. The van der Waals surface area contributed by atoms with Crippen molar-refractivity contribution in [3.05, 3.63) is 35.9 Å². The minimum absolute atomic E-state index is 0.258. The third kappa shape index (κ3) is 15.2. The summed E-state index contributed by atoms with van der Waals surface area (Å²) in [6, 6.07) is 10.1. The molecule has 0 aliphatic carbocycles. The highest BCUT2D eigenvalue weighted by Crippen LogP contribution is 2.06. The molecule has 0 aromatic heterocycles. The van der Waals surface area contributed by atoms with E-state index >= 15 is 0 Å². The lowest BCUT2D eigenvalue weighted by molar-refractivity contribution is -0.119. The normalized spacial score (nSPS) is 9.87. The summed E-state index contributed by atoms with van der Waals surface area (Å²) < 4.78 is 0. The summed E-state index contributed by atoms with van der Waals surface area (Å²) in [5, 5.41) is 0. The molecule has 0 radical (unpaired) electrons. The van der Waals surface area contributed by atoms with Crippen LogP contribution >= 0.6 is 0 Å². The zero-order chi connectivity index (χ0) is 17.3. The van der Waals surface area contributed by atoms with Gasteiger partial charge < -0.3 is 4.79 Å². The largest absolute Gasteiger partial charge is 0.300 e. The van der Waals surface area contributed by atoms with Gasteiger partial charge in [-0.25, -0.2) is 0 Å². The van der Waals surface area contributed by atoms with Crippen molar-refractivity contribution in [2.45, 2.75) is 85.0 Å². The number of carbonyl (C=O) groups is 2. The van der Waals surface area contributed by atoms with Crippen molar-refractivity contribution in [1.82, 2.24) is 0 Å². The molecule has 1 rings (SSSR count). The second-order valence-corrected chi connectivity index (χ2v) is 6.14. The molecule has 0 N–H and O–H groups in total. The van der Waals surface area contributed by atoms with E-state index in [1.807, 2.05) is 30.3 Å². The van der Waals surface area contributed by atoms with Crippen LogP contribution in [0.1, 0.15) is 84.1 Å². The summed E-state index contributed by atoms with van der Waals surface area (Å²) in [7, 11) is 0. The summed E-state index contributed by atoms with van der Waals surface area (Å²) >= 11 is 0. The first-order valence-electron chi connectivity index (χ1n) is 9.15. The quantitative estimate of drug-likeness (QED) is 0.474. The van der Waals surface area contributed by atoms with Gasteiger partial charge in [0.05, 0.1) is 0 Å². The van der Waals surface area contributed by atoms with Gasteiger partial charge in [0.25, 0.3) is 0 Å². The summed E-state index contributed by atoms with van der Waals surface area (Å²) in [5.41, 5.74) is 1.24. The fourth-order valence-corrected chi connectivity index (χ4v) is 2.29. The molecule has 130 valence electrons. The fourth-order valence-electron chi connectivity index (χ4n) is 2.29. The van der Waals surface area contributed by atoms with Gasteiger partial charge in [-0.05, 0) is 31.7 Å². The van der Waals surface area contributed by atoms with Crippen LogP contribution in [0.4, 0.5) is 0 Å². The van der Waals surface area contributed by atoms with Crippen molar-refractivity contribution in [1.29, 1.82) is 0 Å². The van der Waals surface area contributed by atoms with Crippen molar-refractivity contribution in [3.8, 4) is 0 Å². The fraction of sp³-hybridized carbons (Fsp3) is 0.619. The average molecular weight is 319 g/mol. The molecule has 0 amide bonds. The number of carbonyl (C=O) groups excluding carboxylic acids is 2. The van der Waals surface area contributed by atoms with Crippen LogP contribution in [0.5, 0.6) is 0 Å². The number of aryl methyl sites for hydroxylation is 1. The van der Waals surface area contributed by atoms with Gasteiger partial charge in [-0.1, -0.05) is 69.9 Å². The Bertz CT molecular complexity index is 409. The van der Waals surface area contributed by atoms with Crippen LogP contribution in [-0.4, -0.2) is 11.6 Å². The van der Waals surface area contributed by atoms with E-state index in [9.17, 15) is 9.59 Å².